The molecule has 90 valence electrons. The molecule has 3 nitrogen and oxygen atoms in total. The standard InChI is InChI=1S/C12H18O3S/c1-10-4-6-12(7-5-10)16(13,14)9-8-11(2)15-3/h4-7,11H,8-9H2,1-3H3. The van der Waals surface area contributed by atoms with Crippen molar-refractivity contribution in [1.82, 2.24) is 0 Å². The van der Waals surface area contributed by atoms with Crippen LogP contribution in [0.1, 0.15) is 18.9 Å². The van der Waals surface area contributed by atoms with E-state index >= 15 is 0 Å². The van der Waals surface area contributed by atoms with Gasteiger partial charge in [0.25, 0.3) is 0 Å². The van der Waals surface area contributed by atoms with Crippen molar-refractivity contribution < 1.29 is 13.2 Å². The van der Waals surface area contributed by atoms with Crippen LogP contribution in [0.4, 0.5) is 0 Å². The summed E-state index contributed by atoms with van der Waals surface area (Å²) in [4.78, 5) is 0.390. The van der Waals surface area contributed by atoms with E-state index in [0.717, 1.165) is 5.56 Å². The van der Waals surface area contributed by atoms with Gasteiger partial charge in [-0.2, -0.15) is 0 Å². The third-order valence-electron chi connectivity index (χ3n) is 2.58. The SMILES string of the molecule is COC(C)CCS(=O)(=O)c1ccc(C)cc1. The van der Waals surface area contributed by atoms with E-state index in [9.17, 15) is 8.42 Å². The van der Waals surface area contributed by atoms with Crippen molar-refractivity contribution in [3.8, 4) is 0 Å². The Labute approximate surface area is 97.4 Å². The number of rotatable bonds is 5. The van der Waals surface area contributed by atoms with Gasteiger partial charge in [-0.15, -0.1) is 0 Å². The summed E-state index contributed by atoms with van der Waals surface area (Å²) in [5, 5.41) is 0. The fourth-order valence-corrected chi connectivity index (χ4v) is 2.73. The number of hydrogen-bond donors (Lipinski definition) is 0. The molecule has 0 saturated carbocycles. The zero-order valence-corrected chi connectivity index (χ0v) is 10.8. The first-order chi connectivity index (χ1) is 7.45. The zero-order chi connectivity index (χ0) is 12.2. The van der Waals surface area contributed by atoms with Crippen molar-refractivity contribution in [1.29, 1.82) is 0 Å². The Kier molecular flexibility index (Phi) is 4.50. The highest BCUT2D eigenvalue weighted by Crippen LogP contribution is 2.14. The first-order valence-corrected chi connectivity index (χ1v) is 6.93. The summed E-state index contributed by atoms with van der Waals surface area (Å²) in [6.45, 7) is 3.80. The third kappa shape index (κ3) is 3.61. The lowest BCUT2D eigenvalue weighted by molar-refractivity contribution is 0.116. The number of ether oxygens (including phenoxy) is 1. The van der Waals surface area contributed by atoms with Crippen molar-refractivity contribution in [2.45, 2.75) is 31.3 Å². The number of methoxy groups -OCH3 is 1. The number of sulfone groups is 1. The molecule has 1 aromatic rings. The van der Waals surface area contributed by atoms with E-state index in [1.807, 2.05) is 26.0 Å². The molecule has 1 rings (SSSR count). The molecule has 4 heteroatoms. The first-order valence-electron chi connectivity index (χ1n) is 5.28. The summed E-state index contributed by atoms with van der Waals surface area (Å²) in [6, 6.07) is 6.93. The Balaban J connectivity index is 2.74. The predicted octanol–water partition coefficient (Wildman–Crippen LogP) is 2.19. The normalized spacial score (nSPS) is 13.7. The van der Waals surface area contributed by atoms with Gasteiger partial charge in [-0.3, -0.25) is 0 Å². The fourth-order valence-electron chi connectivity index (χ4n) is 1.30. The van der Waals surface area contributed by atoms with E-state index in [0.29, 0.717) is 11.3 Å². The van der Waals surface area contributed by atoms with Crippen LogP contribution < -0.4 is 0 Å². The van der Waals surface area contributed by atoms with Crippen molar-refractivity contribution in [2.75, 3.05) is 12.9 Å². The van der Waals surface area contributed by atoms with Gasteiger partial charge in [-0.1, -0.05) is 17.7 Å². The Hall–Kier alpha value is -0.870. The second-order valence-corrected chi connectivity index (χ2v) is 6.08. The van der Waals surface area contributed by atoms with Crippen LogP contribution >= 0.6 is 0 Å². The fraction of sp³-hybridized carbons (Fsp3) is 0.500. The Bertz CT molecular complexity index is 420. The van der Waals surface area contributed by atoms with E-state index in [4.69, 9.17) is 4.74 Å². The lowest BCUT2D eigenvalue weighted by Gasteiger charge is -2.09. The summed E-state index contributed by atoms with van der Waals surface area (Å²) in [6.07, 6.45) is 0.493. The maximum absolute atomic E-state index is 11.9. The van der Waals surface area contributed by atoms with Crippen LogP contribution in [0.5, 0.6) is 0 Å². The van der Waals surface area contributed by atoms with Gasteiger partial charge in [0.1, 0.15) is 0 Å². The van der Waals surface area contributed by atoms with E-state index in [2.05, 4.69) is 0 Å². The molecule has 0 aromatic heterocycles. The summed E-state index contributed by atoms with van der Waals surface area (Å²) in [5.74, 6) is 0.130. The second-order valence-electron chi connectivity index (χ2n) is 3.97. The van der Waals surface area contributed by atoms with Crippen LogP contribution in [0, 0.1) is 6.92 Å². The van der Waals surface area contributed by atoms with E-state index in [-0.39, 0.29) is 11.9 Å². The lowest BCUT2D eigenvalue weighted by Crippen LogP contribution is -2.14. The minimum Gasteiger partial charge on any atom is -0.382 e. The summed E-state index contributed by atoms with van der Waals surface area (Å²) < 4.78 is 28.9. The van der Waals surface area contributed by atoms with Gasteiger partial charge in [0.05, 0.1) is 16.8 Å². The molecule has 1 unspecified atom stereocenters. The lowest BCUT2D eigenvalue weighted by atomic mass is 10.2. The van der Waals surface area contributed by atoms with E-state index in [1.54, 1.807) is 19.2 Å². The molecule has 1 atom stereocenters. The number of aryl methyl sites for hydroxylation is 1. The van der Waals surface area contributed by atoms with Crippen LogP contribution in [0.15, 0.2) is 29.2 Å². The highest BCUT2D eigenvalue weighted by molar-refractivity contribution is 7.91. The van der Waals surface area contributed by atoms with Crippen LogP contribution in [0.2, 0.25) is 0 Å². The predicted molar refractivity (Wildman–Crippen MR) is 64.3 cm³/mol. The van der Waals surface area contributed by atoms with Crippen molar-refractivity contribution in [3.63, 3.8) is 0 Å². The van der Waals surface area contributed by atoms with Crippen LogP contribution in [-0.4, -0.2) is 27.4 Å². The monoisotopic (exact) mass is 242 g/mol. The van der Waals surface area contributed by atoms with Gasteiger partial charge in [0.15, 0.2) is 9.84 Å². The van der Waals surface area contributed by atoms with E-state index < -0.39 is 9.84 Å². The minimum absolute atomic E-state index is 0.0276. The highest BCUT2D eigenvalue weighted by atomic mass is 32.2. The van der Waals surface area contributed by atoms with Crippen LogP contribution in [-0.2, 0) is 14.6 Å². The van der Waals surface area contributed by atoms with Crippen LogP contribution in [0.3, 0.4) is 0 Å². The molecule has 0 heterocycles. The first kappa shape index (κ1) is 13.2. The quantitative estimate of drug-likeness (QED) is 0.795. The van der Waals surface area contributed by atoms with Crippen molar-refractivity contribution in [2.24, 2.45) is 0 Å². The van der Waals surface area contributed by atoms with Crippen LogP contribution in [0.25, 0.3) is 0 Å². The maximum atomic E-state index is 11.9. The molecule has 1 aromatic carbocycles. The molecule has 0 N–H and O–H groups in total. The largest absolute Gasteiger partial charge is 0.382 e. The molecular formula is C12H18O3S. The third-order valence-corrected chi connectivity index (χ3v) is 4.34. The Morgan fingerprint density at radius 1 is 1.25 bits per heavy atom. The minimum atomic E-state index is -3.16. The van der Waals surface area contributed by atoms with Gasteiger partial charge >= 0.3 is 0 Å². The molecule has 0 aliphatic carbocycles. The summed E-state index contributed by atoms with van der Waals surface area (Å²) >= 11 is 0. The molecule has 16 heavy (non-hydrogen) atoms. The molecule has 0 aliphatic rings. The molecule has 0 amide bonds. The molecule has 0 aliphatic heterocycles. The summed E-state index contributed by atoms with van der Waals surface area (Å²) in [5.41, 5.74) is 1.06. The average molecular weight is 242 g/mol. The van der Waals surface area contributed by atoms with Gasteiger partial charge in [-0.05, 0) is 32.4 Å². The number of hydrogen-bond acceptors (Lipinski definition) is 3. The van der Waals surface area contributed by atoms with Gasteiger partial charge < -0.3 is 4.74 Å². The molecule has 0 spiro atoms. The number of benzene rings is 1. The zero-order valence-electron chi connectivity index (χ0n) is 9.93. The highest BCUT2D eigenvalue weighted by Gasteiger charge is 2.15. The van der Waals surface area contributed by atoms with Gasteiger partial charge in [0.2, 0.25) is 0 Å². The molecule has 0 fully saturated rings. The van der Waals surface area contributed by atoms with Crippen molar-refractivity contribution >= 4 is 9.84 Å². The molecular weight excluding hydrogens is 224 g/mol. The Morgan fingerprint density at radius 2 is 1.81 bits per heavy atom. The molecule has 0 radical (unpaired) electrons. The average Bonchev–Trinajstić information content (AvgIpc) is 2.26. The topological polar surface area (TPSA) is 43.4 Å². The van der Waals surface area contributed by atoms with Gasteiger partial charge in [-0.25, -0.2) is 8.42 Å². The summed E-state index contributed by atoms with van der Waals surface area (Å²) in [7, 11) is -1.58. The second kappa shape index (κ2) is 5.46. The Morgan fingerprint density at radius 3 is 2.31 bits per heavy atom. The maximum Gasteiger partial charge on any atom is 0.178 e. The van der Waals surface area contributed by atoms with Crippen molar-refractivity contribution in [3.05, 3.63) is 29.8 Å². The smallest absolute Gasteiger partial charge is 0.178 e. The molecule has 0 saturated heterocycles. The van der Waals surface area contributed by atoms with E-state index in [1.165, 1.54) is 0 Å². The molecule has 0 bridgehead atoms. The van der Waals surface area contributed by atoms with Gasteiger partial charge in [0, 0.05) is 7.11 Å².